The molecule has 0 saturated heterocycles. The second-order valence-electron chi connectivity index (χ2n) is 3.75. The lowest BCUT2D eigenvalue weighted by Gasteiger charge is -2.21. The zero-order valence-electron chi connectivity index (χ0n) is 8.21. The SMILES string of the molecule is N.c1ccc(C2CCCCC2)cc1. The van der Waals surface area contributed by atoms with E-state index >= 15 is 0 Å². The standard InChI is InChI=1S/C12H16.H3N/c1-3-7-11(8-4-1)12-9-5-2-6-10-12;/h1,3-4,7-8,12H,2,5-6,9-10H2;1H3. The van der Waals surface area contributed by atoms with Crippen molar-refractivity contribution in [3.63, 3.8) is 0 Å². The average Bonchev–Trinajstić information content (AvgIpc) is 2.21. The molecular formula is C12H19N. The molecule has 1 aliphatic rings. The van der Waals surface area contributed by atoms with Crippen LogP contribution in [-0.2, 0) is 0 Å². The summed E-state index contributed by atoms with van der Waals surface area (Å²) in [6, 6.07) is 11.0. The predicted molar refractivity (Wildman–Crippen MR) is 57.3 cm³/mol. The Kier molecular flexibility index (Phi) is 3.97. The van der Waals surface area contributed by atoms with Crippen LogP contribution in [0.15, 0.2) is 30.3 Å². The van der Waals surface area contributed by atoms with Crippen LogP contribution in [0.5, 0.6) is 0 Å². The van der Waals surface area contributed by atoms with E-state index in [4.69, 9.17) is 0 Å². The van der Waals surface area contributed by atoms with E-state index in [9.17, 15) is 0 Å². The van der Waals surface area contributed by atoms with Gasteiger partial charge in [-0.3, -0.25) is 0 Å². The normalized spacial score (nSPS) is 17.8. The first-order valence-corrected chi connectivity index (χ1v) is 5.02. The summed E-state index contributed by atoms with van der Waals surface area (Å²) in [7, 11) is 0. The molecule has 0 amide bonds. The molecule has 3 N–H and O–H groups in total. The minimum absolute atomic E-state index is 0. The zero-order valence-corrected chi connectivity index (χ0v) is 8.21. The molecule has 0 bridgehead atoms. The lowest BCUT2D eigenvalue weighted by Crippen LogP contribution is -2.03. The average molecular weight is 177 g/mol. The summed E-state index contributed by atoms with van der Waals surface area (Å²) in [6.45, 7) is 0. The monoisotopic (exact) mass is 177 g/mol. The molecule has 1 heteroatoms. The first kappa shape index (κ1) is 10.3. The van der Waals surface area contributed by atoms with Crippen LogP contribution < -0.4 is 6.15 Å². The van der Waals surface area contributed by atoms with Crippen molar-refractivity contribution >= 4 is 0 Å². The molecular weight excluding hydrogens is 158 g/mol. The number of hydrogen-bond acceptors (Lipinski definition) is 1. The van der Waals surface area contributed by atoms with E-state index in [1.165, 1.54) is 32.1 Å². The molecule has 13 heavy (non-hydrogen) atoms. The van der Waals surface area contributed by atoms with E-state index in [-0.39, 0.29) is 6.15 Å². The van der Waals surface area contributed by atoms with Gasteiger partial charge >= 0.3 is 0 Å². The van der Waals surface area contributed by atoms with Gasteiger partial charge in [-0.25, -0.2) is 0 Å². The maximum Gasteiger partial charge on any atom is -0.0162 e. The Hall–Kier alpha value is -0.820. The van der Waals surface area contributed by atoms with E-state index < -0.39 is 0 Å². The summed E-state index contributed by atoms with van der Waals surface area (Å²) in [5.74, 6) is 0.861. The van der Waals surface area contributed by atoms with Crippen molar-refractivity contribution in [3.05, 3.63) is 35.9 Å². The van der Waals surface area contributed by atoms with Gasteiger partial charge in [0.2, 0.25) is 0 Å². The fourth-order valence-corrected chi connectivity index (χ4v) is 2.16. The van der Waals surface area contributed by atoms with Gasteiger partial charge in [-0.1, -0.05) is 49.6 Å². The molecule has 0 heterocycles. The second kappa shape index (κ2) is 5.03. The van der Waals surface area contributed by atoms with E-state index in [2.05, 4.69) is 30.3 Å². The van der Waals surface area contributed by atoms with Crippen molar-refractivity contribution in [2.24, 2.45) is 0 Å². The maximum atomic E-state index is 2.27. The maximum absolute atomic E-state index is 2.27. The van der Waals surface area contributed by atoms with Gasteiger partial charge in [0.1, 0.15) is 0 Å². The number of hydrogen-bond donors (Lipinski definition) is 1. The van der Waals surface area contributed by atoms with Crippen LogP contribution in [0.3, 0.4) is 0 Å². The van der Waals surface area contributed by atoms with Crippen LogP contribution in [-0.4, -0.2) is 0 Å². The van der Waals surface area contributed by atoms with Crippen molar-refractivity contribution in [1.29, 1.82) is 0 Å². The van der Waals surface area contributed by atoms with Gasteiger partial charge in [0.05, 0.1) is 0 Å². The van der Waals surface area contributed by atoms with Crippen LogP contribution in [0.2, 0.25) is 0 Å². The molecule has 1 aromatic carbocycles. The number of benzene rings is 1. The van der Waals surface area contributed by atoms with Crippen molar-refractivity contribution in [3.8, 4) is 0 Å². The minimum atomic E-state index is 0. The molecule has 0 aliphatic heterocycles. The highest BCUT2D eigenvalue weighted by Gasteiger charge is 2.14. The predicted octanol–water partition coefficient (Wildman–Crippen LogP) is 3.90. The van der Waals surface area contributed by atoms with Crippen LogP contribution in [0.4, 0.5) is 0 Å². The van der Waals surface area contributed by atoms with Crippen LogP contribution in [0.1, 0.15) is 43.6 Å². The van der Waals surface area contributed by atoms with E-state index in [1.807, 2.05) is 0 Å². The van der Waals surface area contributed by atoms with Crippen molar-refractivity contribution < 1.29 is 0 Å². The fraction of sp³-hybridized carbons (Fsp3) is 0.500. The topological polar surface area (TPSA) is 35.0 Å². The summed E-state index contributed by atoms with van der Waals surface area (Å²) in [6.07, 6.45) is 7.12. The molecule has 0 radical (unpaired) electrons. The first-order chi connectivity index (χ1) is 5.97. The Morgan fingerprint density at radius 3 is 2.08 bits per heavy atom. The Labute approximate surface area is 80.8 Å². The molecule has 1 nitrogen and oxygen atoms in total. The van der Waals surface area contributed by atoms with Crippen LogP contribution >= 0.6 is 0 Å². The van der Waals surface area contributed by atoms with Crippen LogP contribution in [0.25, 0.3) is 0 Å². The van der Waals surface area contributed by atoms with Gasteiger partial charge < -0.3 is 6.15 Å². The zero-order chi connectivity index (χ0) is 8.23. The molecule has 1 saturated carbocycles. The lowest BCUT2D eigenvalue weighted by molar-refractivity contribution is 0.443. The van der Waals surface area contributed by atoms with E-state index in [0.717, 1.165) is 5.92 Å². The summed E-state index contributed by atoms with van der Waals surface area (Å²) >= 11 is 0. The third-order valence-electron chi connectivity index (χ3n) is 2.88. The molecule has 1 fully saturated rings. The molecule has 1 aliphatic carbocycles. The highest BCUT2D eigenvalue weighted by Crippen LogP contribution is 2.31. The van der Waals surface area contributed by atoms with Crippen LogP contribution in [0, 0.1) is 0 Å². The smallest absolute Gasteiger partial charge is 0.0162 e. The van der Waals surface area contributed by atoms with Gasteiger partial charge in [0.25, 0.3) is 0 Å². The molecule has 0 unspecified atom stereocenters. The highest BCUT2D eigenvalue weighted by atomic mass is 14.2. The van der Waals surface area contributed by atoms with Crippen molar-refractivity contribution in [2.45, 2.75) is 38.0 Å². The fourth-order valence-electron chi connectivity index (χ4n) is 2.16. The Balaban J connectivity index is 0.000000845. The van der Waals surface area contributed by atoms with Gasteiger partial charge in [-0.15, -0.1) is 0 Å². The van der Waals surface area contributed by atoms with E-state index in [0.29, 0.717) is 0 Å². The molecule has 0 spiro atoms. The van der Waals surface area contributed by atoms with Crippen molar-refractivity contribution in [2.75, 3.05) is 0 Å². The quantitative estimate of drug-likeness (QED) is 0.693. The summed E-state index contributed by atoms with van der Waals surface area (Å²) < 4.78 is 0. The molecule has 1 aromatic rings. The Morgan fingerprint density at radius 2 is 1.46 bits per heavy atom. The minimum Gasteiger partial charge on any atom is -0.344 e. The molecule has 72 valence electrons. The summed E-state index contributed by atoms with van der Waals surface area (Å²) in [5.41, 5.74) is 1.55. The Bertz CT molecular complexity index is 224. The molecule has 0 atom stereocenters. The van der Waals surface area contributed by atoms with Gasteiger partial charge in [-0.2, -0.15) is 0 Å². The number of rotatable bonds is 1. The van der Waals surface area contributed by atoms with Gasteiger partial charge in [0, 0.05) is 0 Å². The Morgan fingerprint density at radius 1 is 0.846 bits per heavy atom. The van der Waals surface area contributed by atoms with Crippen molar-refractivity contribution in [1.82, 2.24) is 6.15 Å². The molecule has 0 aromatic heterocycles. The van der Waals surface area contributed by atoms with E-state index in [1.54, 1.807) is 5.56 Å². The van der Waals surface area contributed by atoms with Gasteiger partial charge in [0.15, 0.2) is 0 Å². The highest BCUT2D eigenvalue weighted by molar-refractivity contribution is 5.19. The third kappa shape index (κ3) is 2.56. The lowest BCUT2D eigenvalue weighted by atomic mass is 9.84. The summed E-state index contributed by atoms with van der Waals surface area (Å²) in [4.78, 5) is 0. The third-order valence-corrected chi connectivity index (χ3v) is 2.88. The summed E-state index contributed by atoms with van der Waals surface area (Å²) in [5, 5.41) is 0. The second-order valence-corrected chi connectivity index (χ2v) is 3.75. The first-order valence-electron chi connectivity index (χ1n) is 5.02. The molecule has 2 rings (SSSR count). The largest absolute Gasteiger partial charge is 0.344 e. The van der Waals surface area contributed by atoms with Gasteiger partial charge in [-0.05, 0) is 24.3 Å².